The molecule has 1 atom stereocenters. The zero-order valence-corrected chi connectivity index (χ0v) is 18.0. The molecule has 0 aliphatic carbocycles. The van der Waals surface area contributed by atoms with Crippen molar-refractivity contribution in [2.24, 2.45) is 0 Å². The van der Waals surface area contributed by atoms with Crippen LogP contribution in [-0.4, -0.2) is 72.5 Å². The standard InChI is InChI=1S/C23H34N4O3/c1-2-3-7-16-28-22(23(29-17-18-30-23)19-25-11-10-24-20-25)27-14-12-26(13-15-27)21-8-5-4-6-9-21/h4-6,8-11,20,22H,2-3,7,12-19H2,1H3. The first-order valence-corrected chi connectivity index (χ1v) is 11.2. The third-order valence-corrected chi connectivity index (χ3v) is 5.91. The number of unbranched alkanes of at least 4 members (excludes halogenated alkanes) is 2. The maximum Gasteiger partial charge on any atom is 0.227 e. The summed E-state index contributed by atoms with van der Waals surface area (Å²) in [6, 6.07) is 10.6. The number of aromatic nitrogens is 2. The Balaban J connectivity index is 1.47. The average molecular weight is 415 g/mol. The number of piperazine rings is 1. The Kier molecular flexibility index (Phi) is 7.38. The van der Waals surface area contributed by atoms with Gasteiger partial charge in [-0.1, -0.05) is 38.0 Å². The molecule has 7 heteroatoms. The first-order chi connectivity index (χ1) is 14.8. The van der Waals surface area contributed by atoms with Gasteiger partial charge in [0.2, 0.25) is 5.79 Å². The SMILES string of the molecule is CCCCCOC(N1CCN(c2ccccc2)CC1)C1(Cn2ccnc2)OCCO1. The lowest BCUT2D eigenvalue weighted by Crippen LogP contribution is -2.61. The molecule has 1 aromatic carbocycles. The van der Waals surface area contributed by atoms with Gasteiger partial charge in [0.15, 0.2) is 6.23 Å². The summed E-state index contributed by atoms with van der Waals surface area (Å²) in [5.74, 6) is -0.804. The number of anilines is 1. The zero-order valence-electron chi connectivity index (χ0n) is 18.0. The molecule has 2 aromatic rings. The summed E-state index contributed by atoms with van der Waals surface area (Å²) >= 11 is 0. The minimum Gasteiger partial charge on any atom is -0.369 e. The van der Waals surface area contributed by atoms with E-state index in [1.54, 1.807) is 6.20 Å². The van der Waals surface area contributed by atoms with Gasteiger partial charge in [0, 0.05) is 50.9 Å². The number of hydrogen-bond donors (Lipinski definition) is 0. The summed E-state index contributed by atoms with van der Waals surface area (Å²) in [7, 11) is 0. The number of rotatable bonds is 10. The monoisotopic (exact) mass is 414 g/mol. The smallest absolute Gasteiger partial charge is 0.227 e. The number of para-hydroxylation sites is 1. The maximum absolute atomic E-state index is 6.48. The fourth-order valence-corrected chi connectivity index (χ4v) is 4.33. The molecule has 30 heavy (non-hydrogen) atoms. The van der Waals surface area contributed by atoms with Crippen LogP contribution in [0.4, 0.5) is 5.69 Å². The van der Waals surface area contributed by atoms with Gasteiger partial charge < -0.3 is 23.7 Å². The normalized spacial score (nSPS) is 20.5. The van der Waals surface area contributed by atoms with Crippen LogP contribution in [0, 0.1) is 0 Å². The molecule has 4 rings (SSSR count). The number of hydrogen-bond acceptors (Lipinski definition) is 6. The average Bonchev–Trinajstić information content (AvgIpc) is 3.48. The fourth-order valence-electron chi connectivity index (χ4n) is 4.33. The van der Waals surface area contributed by atoms with E-state index in [9.17, 15) is 0 Å². The van der Waals surface area contributed by atoms with Crippen molar-refractivity contribution in [3.63, 3.8) is 0 Å². The van der Waals surface area contributed by atoms with Gasteiger partial charge in [0.05, 0.1) is 26.1 Å². The third-order valence-electron chi connectivity index (χ3n) is 5.91. The lowest BCUT2D eigenvalue weighted by Gasteiger charge is -2.45. The van der Waals surface area contributed by atoms with E-state index in [4.69, 9.17) is 14.2 Å². The molecular formula is C23H34N4O3. The van der Waals surface area contributed by atoms with Crippen molar-refractivity contribution in [3.05, 3.63) is 49.1 Å². The third kappa shape index (κ3) is 5.03. The van der Waals surface area contributed by atoms with Crippen LogP contribution >= 0.6 is 0 Å². The summed E-state index contributed by atoms with van der Waals surface area (Å²) in [6.07, 6.45) is 8.72. The minimum absolute atomic E-state index is 0.239. The van der Waals surface area contributed by atoms with Gasteiger partial charge in [-0.3, -0.25) is 4.90 Å². The highest BCUT2D eigenvalue weighted by Gasteiger charge is 2.49. The molecule has 7 nitrogen and oxygen atoms in total. The second kappa shape index (κ2) is 10.4. The van der Waals surface area contributed by atoms with Crippen LogP contribution in [0.5, 0.6) is 0 Å². The topological polar surface area (TPSA) is 52.0 Å². The van der Waals surface area contributed by atoms with Crippen molar-refractivity contribution in [1.82, 2.24) is 14.5 Å². The highest BCUT2D eigenvalue weighted by molar-refractivity contribution is 5.46. The molecule has 0 bridgehead atoms. The molecule has 0 saturated carbocycles. The van der Waals surface area contributed by atoms with Gasteiger partial charge in [-0.05, 0) is 18.6 Å². The Hall–Kier alpha value is -1.93. The highest BCUT2D eigenvalue weighted by atomic mass is 16.8. The molecule has 0 radical (unpaired) electrons. The molecule has 1 aromatic heterocycles. The van der Waals surface area contributed by atoms with E-state index in [0.29, 0.717) is 19.8 Å². The molecule has 0 spiro atoms. The fraction of sp³-hybridized carbons (Fsp3) is 0.609. The number of ether oxygens (including phenoxy) is 3. The van der Waals surface area contributed by atoms with Crippen LogP contribution in [0.15, 0.2) is 49.1 Å². The summed E-state index contributed by atoms with van der Waals surface area (Å²) in [5, 5.41) is 0. The highest BCUT2D eigenvalue weighted by Crippen LogP contribution is 2.31. The summed E-state index contributed by atoms with van der Waals surface area (Å²) in [4.78, 5) is 9.02. The summed E-state index contributed by atoms with van der Waals surface area (Å²) < 4.78 is 21.0. The predicted octanol–water partition coefficient (Wildman–Crippen LogP) is 2.98. The van der Waals surface area contributed by atoms with E-state index in [-0.39, 0.29) is 6.23 Å². The minimum atomic E-state index is -0.804. The van der Waals surface area contributed by atoms with E-state index >= 15 is 0 Å². The summed E-state index contributed by atoms with van der Waals surface area (Å²) in [5.41, 5.74) is 1.28. The molecule has 2 aliphatic rings. The van der Waals surface area contributed by atoms with E-state index in [2.05, 4.69) is 52.0 Å². The second-order valence-electron chi connectivity index (χ2n) is 8.03. The van der Waals surface area contributed by atoms with Crippen LogP contribution in [0.3, 0.4) is 0 Å². The molecular weight excluding hydrogens is 380 g/mol. The molecule has 2 saturated heterocycles. The van der Waals surface area contributed by atoms with Crippen molar-refractivity contribution >= 4 is 5.69 Å². The van der Waals surface area contributed by atoms with Gasteiger partial charge in [-0.2, -0.15) is 0 Å². The first-order valence-electron chi connectivity index (χ1n) is 11.2. The van der Waals surface area contributed by atoms with E-state index in [1.165, 1.54) is 18.5 Å². The molecule has 1 unspecified atom stereocenters. The van der Waals surface area contributed by atoms with Gasteiger partial charge >= 0.3 is 0 Å². The number of benzene rings is 1. The van der Waals surface area contributed by atoms with Crippen molar-refractivity contribution in [2.75, 3.05) is 50.9 Å². The van der Waals surface area contributed by atoms with E-state index in [0.717, 1.165) is 39.2 Å². The van der Waals surface area contributed by atoms with Crippen LogP contribution in [0.25, 0.3) is 0 Å². The largest absolute Gasteiger partial charge is 0.369 e. The van der Waals surface area contributed by atoms with Crippen LogP contribution in [-0.2, 0) is 20.8 Å². The molecule has 0 N–H and O–H groups in total. The van der Waals surface area contributed by atoms with Crippen molar-refractivity contribution in [3.8, 4) is 0 Å². The van der Waals surface area contributed by atoms with E-state index < -0.39 is 5.79 Å². The van der Waals surface area contributed by atoms with Crippen molar-refractivity contribution < 1.29 is 14.2 Å². The Morgan fingerprint density at radius 2 is 1.83 bits per heavy atom. The predicted molar refractivity (Wildman–Crippen MR) is 116 cm³/mol. The van der Waals surface area contributed by atoms with Gasteiger partial charge in [0.25, 0.3) is 0 Å². The zero-order chi connectivity index (χ0) is 20.7. The molecule has 2 aliphatic heterocycles. The van der Waals surface area contributed by atoms with Crippen molar-refractivity contribution in [1.29, 1.82) is 0 Å². The Bertz CT molecular complexity index is 726. The Morgan fingerprint density at radius 3 is 2.50 bits per heavy atom. The molecule has 0 amide bonds. The van der Waals surface area contributed by atoms with Gasteiger partial charge in [-0.25, -0.2) is 4.98 Å². The molecule has 3 heterocycles. The van der Waals surface area contributed by atoms with Crippen molar-refractivity contribution in [2.45, 2.75) is 44.7 Å². The molecule has 2 fully saturated rings. The molecule has 164 valence electrons. The van der Waals surface area contributed by atoms with Crippen LogP contribution < -0.4 is 4.90 Å². The van der Waals surface area contributed by atoms with Crippen LogP contribution in [0.1, 0.15) is 26.2 Å². The Morgan fingerprint density at radius 1 is 1.07 bits per heavy atom. The Labute approximate surface area is 179 Å². The summed E-state index contributed by atoms with van der Waals surface area (Å²) in [6.45, 7) is 8.42. The quantitative estimate of drug-likeness (QED) is 0.557. The first kappa shape index (κ1) is 21.3. The van der Waals surface area contributed by atoms with Crippen LogP contribution in [0.2, 0.25) is 0 Å². The number of imidazole rings is 1. The number of nitrogens with zero attached hydrogens (tertiary/aromatic N) is 4. The maximum atomic E-state index is 6.48. The second-order valence-corrected chi connectivity index (χ2v) is 8.03. The lowest BCUT2D eigenvalue weighted by atomic mass is 10.1. The lowest BCUT2D eigenvalue weighted by molar-refractivity contribution is -0.282. The van der Waals surface area contributed by atoms with E-state index in [1.807, 2.05) is 17.1 Å². The van der Waals surface area contributed by atoms with Gasteiger partial charge in [0.1, 0.15) is 0 Å². The van der Waals surface area contributed by atoms with Gasteiger partial charge in [-0.15, -0.1) is 0 Å².